The van der Waals surface area contributed by atoms with E-state index in [-0.39, 0.29) is 35.9 Å². The van der Waals surface area contributed by atoms with Crippen molar-refractivity contribution in [1.82, 2.24) is 21.1 Å². The lowest BCUT2D eigenvalue weighted by Gasteiger charge is -2.09. The van der Waals surface area contributed by atoms with Gasteiger partial charge in [0.1, 0.15) is 11.6 Å². The van der Waals surface area contributed by atoms with Crippen LogP contribution < -0.4 is 16.3 Å². The second-order valence-electron chi connectivity index (χ2n) is 6.41. The highest BCUT2D eigenvalue weighted by molar-refractivity contribution is 6.01. The molecule has 0 spiro atoms. The van der Waals surface area contributed by atoms with Crippen LogP contribution >= 0.6 is 0 Å². The lowest BCUT2D eigenvalue weighted by Crippen LogP contribution is -2.28. The highest BCUT2D eigenvalue weighted by Gasteiger charge is 2.34. The van der Waals surface area contributed by atoms with Crippen molar-refractivity contribution in [2.45, 2.75) is 6.18 Å². The molecular weight excluding hydrogens is 471 g/mol. The third kappa shape index (κ3) is 6.23. The molecule has 3 rings (SSSR count). The van der Waals surface area contributed by atoms with Gasteiger partial charge in [0.2, 0.25) is 5.82 Å². The van der Waals surface area contributed by atoms with E-state index in [9.17, 15) is 32.0 Å². The summed E-state index contributed by atoms with van der Waals surface area (Å²) in [4.78, 5) is 20.8. The molecule has 1 amide bonds. The fourth-order valence-electron chi connectivity index (χ4n) is 2.51. The van der Waals surface area contributed by atoms with E-state index in [2.05, 4.69) is 30.7 Å². The average Bonchev–Trinajstić information content (AvgIpc) is 3.26. The van der Waals surface area contributed by atoms with Crippen LogP contribution in [0, 0.1) is 11.6 Å². The molecule has 3 aromatic rings. The first-order chi connectivity index (χ1) is 16.2. The van der Waals surface area contributed by atoms with E-state index >= 15 is 0 Å². The van der Waals surface area contributed by atoms with Gasteiger partial charge >= 0.3 is 6.18 Å². The number of aliphatic imine (C=N–C) groups is 1. The monoisotopic (exact) mass is 486 g/mol. The SMILES string of the molecule is O=C(NCCONc1nonc1C(=Nc1ccc(F)c(C(F)(F)F)c1)NO)c1ccc(F)cc1. The summed E-state index contributed by atoms with van der Waals surface area (Å²) in [5.74, 6) is -3.15. The third-order valence-electron chi connectivity index (χ3n) is 4.08. The standard InChI is InChI=1S/C19H15F5N6O4/c20-11-3-1-10(2-4-11)18(31)25-7-8-33-29-17-15(28-34-30-17)16(27-32)26-12-5-6-14(21)13(9-12)19(22,23)24/h1-6,9,32H,7-8H2,(H,25,31)(H,26,27)(H,29,30). The minimum atomic E-state index is -4.95. The molecule has 0 radical (unpaired) electrons. The summed E-state index contributed by atoms with van der Waals surface area (Å²) in [5, 5.41) is 18.8. The second-order valence-corrected chi connectivity index (χ2v) is 6.41. The first-order valence-electron chi connectivity index (χ1n) is 9.29. The molecule has 0 bridgehead atoms. The molecule has 1 aromatic heterocycles. The molecule has 0 saturated heterocycles. The summed E-state index contributed by atoms with van der Waals surface area (Å²) in [6.07, 6.45) is -4.95. The molecule has 0 unspecified atom stereocenters. The van der Waals surface area contributed by atoms with Gasteiger partial charge in [0.15, 0.2) is 11.5 Å². The molecule has 2 aromatic carbocycles. The molecule has 10 nitrogen and oxygen atoms in total. The minimum absolute atomic E-state index is 0.0266. The van der Waals surface area contributed by atoms with Crippen LogP contribution in [0.3, 0.4) is 0 Å². The van der Waals surface area contributed by atoms with Crippen molar-refractivity contribution in [1.29, 1.82) is 0 Å². The summed E-state index contributed by atoms with van der Waals surface area (Å²) in [7, 11) is 0. The molecule has 180 valence electrons. The summed E-state index contributed by atoms with van der Waals surface area (Å²) in [5.41, 5.74) is 2.01. The van der Waals surface area contributed by atoms with Crippen LogP contribution in [-0.4, -0.2) is 40.4 Å². The van der Waals surface area contributed by atoms with Crippen LogP contribution in [0.5, 0.6) is 0 Å². The Morgan fingerprint density at radius 3 is 2.53 bits per heavy atom. The van der Waals surface area contributed by atoms with Crippen molar-refractivity contribution in [3.8, 4) is 0 Å². The summed E-state index contributed by atoms with van der Waals surface area (Å²) in [6.45, 7) is -0.0655. The van der Waals surface area contributed by atoms with E-state index in [1.165, 1.54) is 12.1 Å². The number of hydroxylamine groups is 1. The lowest BCUT2D eigenvalue weighted by molar-refractivity contribution is -0.139. The number of benzene rings is 2. The fourth-order valence-corrected chi connectivity index (χ4v) is 2.51. The number of nitrogens with one attached hydrogen (secondary N) is 3. The normalized spacial score (nSPS) is 11.9. The lowest BCUT2D eigenvalue weighted by atomic mass is 10.2. The maximum atomic E-state index is 13.4. The Morgan fingerprint density at radius 1 is 1.12 bits per heavy atom. The number of aromatic nitrogens is 2. The van der Waals surface area contributed by atoms with Crippen LogP contribution in [0.15, 0.2) is 52.1 Å². The van der Waals surface area contributed by atoms with Crippen molar-refractivity contribution < 1.29 is 41.4 Å². The number of amides is 1. The molecule has 4 N–H and O–H groups in total. The van der Waals surface area contributed by atoms with E-state index in [4.69, 9.17) is 4.84 Å². The molecule has 0 aliphatic heterocycles. The van der Waals surface area contributed by atoms with Crippen LogP contribution in [0.25, 0.3) is 0 Å². The summed E-state index contributed by atoms with van der Waals surface area (Å²) in [6, 6.07) is 6.83. The quantitative estimate of drug-likeness (QED) is 0.125. The zero-order valence-electron chi connectivity index (χ0n) is 16.9. The number of hydrogen-bond acceptors (Lipinski definition) is 8. The zero-order chi connectivity index (χ0) is 24.7. The molecule has 1 heterocycles. The largest absolute Gasteiger partial charge is 0.419 e. The Bertz CT molecular complexity index is 1170. The smallest absolute Gasteiger partial charge is 0.350 e. The van der Waals surface area contributed by atoms with Gasteiger partial charge in [-0.3, -0.25) is 20.3 Å². The second kappa shape index (κ2) is 10.7. The van der Waals surface area contributed by atoms with Gasteiger partial charge in [-0.2, -0.15) is 13.2 Å². The van der Waals surface area contributed by atoms with Crippen molar-refractivity contribution in [2.24, 2.45) is 4.99 Å². The fraction of sp³-hybridized carbons (Fsp3) is 0.158. The highest BCUT2D eigenvalue weighted by atomic mass is 19.4. The number of anilines is 1. The molecule has 0 aliphatic carbocycles. The number of halogens is 5. The van der Waals surface area contributed by atoms with Gasteiger partial charge in [-0.1, -0.05) is 0 Å². The summed E-state index contributed by atoms with van der Waals surface area (Å²) >= 11 is 0. The number of hydrogen-bond donors (Lipinski definition) is 4. The molecule has 0 aliphatic rings. The number of nitrogens with zero attached hydrogens (tertiary/aromatic N) is 3. The van der Waals surface area contributed by atoms with E-state index in [1.54, 1.807) is 5.48 Å². The van der Waals surface area contributed by atoms with E-state index in [1.807, 2.05) is 0 Å². The van der Waals surface area contributed by atoms with Gasteiger partial charge in [0.05, 0.1) is 17.9 Å². The number of carbonyl (C=O) groups excluding carboxylic acids is 1. The first-order valence-corrected chi connectivity index (χ1v) is 9.29. The third-order valence-corrected chi connectivity index (χ3v) is 4.08. The van der Waals surface area contributed by atoms with Gasteiger partial charge in [-0.25, -0.2) is 23.9 Å². The van der Waals surface area contributed by atoms with Gasteiger partial charge in [0, 0.05) is 12.1 Å². The van der Waals surface area contributed by atoms with Gasteiger partial charge < -0.3 is 5.32 Å². The Balaban J connectivity index is 1.60. The van der Waals surface area contributed by atoms with Gasteiger partial charge in [-0.15, -0.1) is 0 Å². The number of alkyl halides is 3. The predicted molar refractivity (Wildman–Crippen MR) is 105 cm³/mol. The highest BCUT2D eigenvalue weighted by Crippen LogP contribution is 2.33. The number of amidine groups is 1. The molecule has 15 heteroatoms. The Morgan fingerprint density at radius 2 is 1.85 bits per heavy atom. The number of rotatable bonds is 8. The van der Waals surface area contributed by atoms with Crippen LogP contribution in [0.1, 0.15) is 21.6 Å². The average molecular weight is 486 g/mol. The molecule has 0 fully saturated rings. The number of carbonyl (C=O) groups is 1. The van der Waals surface area contributed by atoms with Gasteiger partial charge in [0.25, 0.3) is 5.91 Å². The van der Waals surface area contributed by atoms with Crippen LogP contribution in [0.2, 0.25) is 0 Å². The topological polar surface area (TPSA) is 134 Å². The van der Waals surface area contributed by atoms with Crippen LogP contribution in [-0.2, 0) is 11.0 Å². The summed E-state index contributed by atoms with van der Waals surface area (Å²) < 4.78 is 69.5. The predicted octanol–water partition coefficient (Wildman–Crippen LogP) is 3.20. The van der Waals surface area contributed by atoms with E-state index in [0.29, 0.717) is 12.1 Å². The van der Waals surface area contributed by atoms with Gasteiger partial charge in [-0.05, 0) is 52.8 Å². The maximum Gasteiger partial charge on any atom is 0.419 e. The van der Waals surface area contributed by atoms with Crippen molar-refractivity contribution in [3.63, 3.8) is 0 Å². The Kier molecular flexibility index (Phi) is 7.70. The molecule has 0 saturated carbocycles. The van der Waals surface area contributed by atoms with Crippen molar-refractivity contribution in [2.75, 3.05) is 18.6 Å². The molecular formula is C19H15F5N6O4. The minimum Gasteiger partial charge on any atom is -0.350 e. The zero-order valence-corrected chi connectivity index (χ0v) is 16.9. The maximum absolute atomic E-state index is 13.4. The van der Waals surface area contributed by atoms with Crippen molar-refractivity contribution in [3.05, 3.63) is 70.9 Å². The molecule has 0 atom stereocenters. The first kappa shape index (κ1) is 24.5. The van der Waals surface area contributed by atoms with E-state index < -0.39 is 35.1 Å². The molecule has 34 heavy (non-hydrogen) atoms. The van der Waals surface area contributed by atoms with Crippen LogP contribution in [0.4, 0.5) is 33.5 Å². The Hall–Kier alpha value is -4.11. The Labute approximate surface area is 187 Å². The van der Waals surface area contributed by atoms with Crippen molar-refractivity contribution >= 4 is 23.2 Å². The van der Waals surface area contributed by atoms with E-state index in [0.717, 1.165) is 18.2 Å².